The van der Waals surface area contributed by atoms with Crippen LogP contribution in [0.2, 0.25) is 0 Å². The van der Waals surface area contributed by atoms with Gasteiger partial charge in [0.2, 0.25) is 0 Å². The van der Waals surface area contributed by atoms with Crippen LogP contribution in [0.3, 0.4) is 0 Å². The van der Waals surface area contributed by atoms with Gasteiger partial charge in [-0.25, -0.2) is 0 Å². The van der Waals surface area contributed by atoms with E-state index < -0.39 is 58.6 Å². The molecule has 0 aliphatic rings. The Hall–Kier alpha value is 5.48. The Bertz CT molecular complexity index is 173. The summed E-state index contributed by atoms with van der Waals surface area (Å²) in [6, 6.07) is 0. The van der Waals surface area contributed by atoms with Crippen molar-refractivity contribution in [1.29, 1.82) is 0 Å². The van der Waals surface area contributed by atoms with Crippen molar-refractivity contribution in [3.63, 3.8) is 0 Å². The molecule has 0 amide bonds. The molecule has 288 valence electrons. The van der Waals surface area contributed by atoms with E-state index >= 15 is 0 Å². The molecule has 0 aromatic rings. The molecule has 0 radical (unpaired) electrons. The summed E-state index contributed by atoms with van der Waals surface area (Å²) in [5.41, 5.74) is 0. The van der Waals surface area contributed by atoms with E-state index in [1.54, 1.807) is 0 Å². The van der Waals surface area contributed by atoms with Gasteiger partial charge in [-0.3, -0.25) is 58.6 Å². The molecule has 0 fully saturated rings. The minimum absolute atomic E-state index is 0. The van der Waals surface area contributed by atoms with Crippen molar-refractivity contribution in [1.82, 2.24) is 0 Å². The van der Waals surface area contributed by atoms with Gasteiger partial charge >= 0.3 is 198 Å². The summed E-state index contributed by atoms with van der Waals surface area (Å²) >= 11 is 0. The minimum atomic E-state index is -2.92. The summed E-state index contributed by atoms with van der Waals surface area (Å²) in [4.78, 5) is 0. The van der Waals surface area contributed by atoms with Crippen LogP contribution in [0, 0.1) is 0 Å². The molecule has 24 nitrogen and oxygen atoms in total. The Morgan fingerprint density at radius 1 is 0.114 bits per heavy atom. The molecule has 0 rings (SSSR count). The van der Waals surface area contributed by atoms with Crippen LogP contribution in [-0.4, -0.2) is 58.6 Å². The second kappa shape index (κ2) is 126. The van der Waals surface area contributed by atoms with E-state index in [-0.39, 0.29) is 198 Å². The van der Waals surface area contributed by atoms with Gasteiger partial charge in [-0.15, -0.1) is 0 Å². The van der Waals surface area contributed by atoms with Crippen LogP contribution in [0.25, 0.3) is 0 Å². The SMILES string of the molecule is [Ni+2].[Ni+2].[Ni+2].[Ni+2].[Ni+2].[Ni+2].[Ni+2].[Ni+2].[Ni+2].[Ni+2].[Ni+2].[Ni+2].[O-]B([O-])[O-].[O-]B([O-])[O-].[O-]B([O-])[O-].[O-]B([O-])[O-].[O-]B([O-])[O-].[O-]B([O-])[O-].[O-]B([O-])[O-].[O-]B([O-])[O-]. The molecule has 0 saturated heterocycles. The maximum Gasteiger partial charge on any atom is 2.00 e. The molecule has 0 aromatic heterocycles. The third-order valence-corrected chi connectivity index (χ3v) is 0. The van der Waals surface area contributed by atoms with E-state index in [2.05, 4.69) is 0 Å². The molecule has 0 aliphatic carbocycles. The zero-order valence-electron chi connectivity index (χ0n) is 18.2. The fraction of sp³-hybridized carbons (Fsp3) is 0. The predicted octanol–water partition coefficient (Wildman–Crippen LogP) is -31.6. The van der Waals surface area contributed by atoms with Gasteiger partial charge in [0, 0.05) is 0 Å². The van der Waals surface area contributed by atoms with Gasteiger partial charge in [-0.1, -0.05) is 0 Å². The second-order valence-electron chi connectivity index (χ2n) is 2.31. The van der Waals surface area contributed by atoms with Crippen LogP contribution in [0.1, 0.15) is 0 Å². The number of rotatable bonds is 0. The first-order chi connectivity index (χ1) is 13.9. The Balaban J connectivity index is -0.00000000800. The van der Waals surface area contributed by atoms with Gasteiger partial charge in [0.1, 0.15) is 0 Å². The minimum Gasteiger partial charge on any atom is -0.907 e. The Kier molecular flexibility index (Phi) is 382. The van der Waals surface area contributed by atoms with Crippen molar-refractivity contribution in [3.8, 4) is 0 Å². The summed E-state index contributed by atoms with van der Waals surface area (Å²) in [6.07, 6.45) is 0. The Morgan fingerprint density at radius 3 is 0.114 bits per heavy atom. The first-order valence-electron chi connectivity index (χ1n) is 5.66. The predicted molar refractivity (Wildman–Crippen MR) is 46.0 cm³/mol. The molecule has 0 bridgehead atoms. The third-order valence-electron chi connectivity index (χ3n) is 0. The zero-order valence-corrected chi connectivity index (χ0v) is 30.1. The molecular weight excluding hydrogens is 1170 g/mol. The van der Waals surface area contributed by atoms with Gasteiger partial charge in [0.05, 0.1) is 0 Å². The average molecular weight is 1170 g/mol. The van der Waals surface area contributed by atoms with Gasteiger partial charge in [0.25, 0.3) is 0 Å². The van der Waals surface area contributed by atoms with E-state index in [0.29, 0.717) is 0 Å². The quantitative estimate of drug-likeness (QED) is 0.203. The van der Waals surface area contributed by atoms with E-state index in [9.17, 15) is 0 Å². The van der Waals surface area contributed by atoms with Gasteiger partial charge < -0.3 is 121 Å². The average Bonchev–Trinajstić information content (AvgIpc) is 2.30. The van der Waals surface area contributed by atoms with Crippen LogP contribution in [0.15, 0.2) is 0 Å². The van der Waals surface area contributed by atoms with Crippen LogP contribution in [0.5, 0.6) is 0 Å². The third kappa shape index (κ3) is 3410. The molecule has 0 unspecified atom stereocenters. The van der Waals surface area contributed by atoms with E-state index in [1.165, 1.54) is 0 Å². The standard InChI is InChI=1S/8BO3.12Ni/c8*2-1(3)4;;;;;;;;;;;;/q8*-3;12*+2. The summed E-state index contributed by atoms with van der Waals surface area (Å²) < 4.78 is 0. The Labute approximate surface area is 372 Å². The molecule has 0 spiro atoms. The van der Waals surface area contributed by atoms with E-state index in [1.807, 2.05) is 0 Å². The van der Waals surface area contributed by atoms with Crippen molar-refractivity contribution in [2.75, 3.05) is 0 Å². The molecule has 0 aliphatic heterocycles. The van der Waals surface area contributed by atoms with Crippen molar-refractivity contribution >= 4 is 58.6 Å². The van der Waals surface area contributed by atoms with Gasteiger partial charge in [0.15, 0.2) is 0 Å². The maximum absolute atomic E-state index is 8.42. The van der Waals surface area contributed by atoms with Gasteiger partial charge in [-0.05, 0) is 0 Å². The summed E-state index contributed by atoms with van der Waals surface area (Å²) in [5.74, 6) is 0. The molecule has 44 heteroatoms. The fourth-order valence-electron chi connectivity index (χ4n) is 0. The summed E-state index contributed by atoms with van der Waals surface area (Å²) in [6.45, 7) is 0. The van der Waals surface area contributed by atoms with Crippen molar-refractivity contribution in [3.05, 3.63) is 0 Å². The molecule has 0 aromatic carbocycles. The zero-order chi connectivity index (χ0) is 28.6. The monoisotopic (exact) mass is 1170 g/mol. The summed E-state index contributed by atoms with van der Waals surface area (Å²) in [5, 5.41) is 202. The molecule has 0 heterocycles. The first-order valence-corrected chi connectivity index (χ1v) is 5.66. The van der Waals surface area contributed by atoms with Crippen LogP contribution < -0.4 is 121 Å². The van der Waals surface area contributed by atoms with Crippen LogP contribution in [-0.2, 0) is 198 Å². The topological polar surface area (TPSA) is 553 Å². The van der Waals surface area contributed by atoms with Crippen molar-refractivity contribution < 1.29 is 318 Å². The summed E-state index contributed by atoms with van der Waals surface area (Å²) in [7, 11) is -23.3. The van der Waals surface area contributed by atoms with E-state index in [0.717, 1.165) is 0 Å². The van der Waals surface area contributed by atoms with Crippen LogP contribution in [0.4, 0.5) is 0 Å². The fourth-order valence-corrected chi connectivity index (χ4v) is 0. The van der Waals surface area contributed by atoms with Crippen molar-refractivity contribution in [2.24, 2.45) is 0 Å². The van der Waals surface area contributed by atoms with Gasteiger partial charge in [-0.2, -0.15) is 0 Å². The number of hydrogen-bond donors (Lipinski definition) is 0. The molecule has 0 N–H and O–H groups in total. The smallest absolute Gasteiger partial charge is 0.907 e. The molecular formula is B8Ni12O24. The second-order valence-corrected chi connectivity index (χ2v) is 2.31. The first kappa shape index (κ1) is 134. The normalized spacial score (nSPS) is 4.91. The molecule has 44 heavy (non-hydrogen) atoms. The van der Waals surface area contributed by atoms with Crippen LogP contribution >= 0.6 is 0 Å². The maximum atomic E-state index is 8.42. The Morgan fingerprint density at radius 2 is 0.114 bits per heavy atom. The molecule has 0 saturated carbocycles. The largest absolute Gasteiger partial charge is 2.00 e. The molecule has 0 atom stereocenters. The van der Waals surface area contributed by atoms with Crippen molar-refractivity contribution in [2.45, 2.75) is 0 Å². The van der Waals surface area contributed by atoms with E-state index in [4.69, 9.17) is 121 Å². The number of hydrogen-bond acceptors (Lipinski definition) is 24.